The number of fused-ring (bicyclic) bond motifs is 2. The molecule has 0 radical (unpaired) electrons. The van der Waals surface area contributed by atoms with E-state index in [0.29, 0.717) is 22.4 Å². The molecule has 0 amide bonds. The monoisotopic (exact) mass is 393 g/mol. The van der Waals surface area contributed by atoms with Crippen molar-refractivity contribution >= 4 is 27.6 Å². The summed E-state index contributed by atoms with van der Waals surface area (Å²) in [6, 6.07) is 18.3. The van der Waals surface area contributed by atoms with Crippen molar-refractivity contribution in [2.45, 2.75) is 20.5 Å². The maximum atomic E-state index is 11.8. The van der Waals surface area contributed by atoms with E-state index in [0.717, 1.165) is 23.9 Å². The molecule has 0 aliphatic heterocycles. The first-order valence-corrected chi connectivity index (χ1v) is 9.47. The van der Waals surface area contributed by atoms with Gasteiger partial charge >= 0.3 is 11.3 Å². The van der Waals surface area contributed by atoms with Gasteiger partial charge in [0, 0.05) is 23.9 Å². The van der Waals surface area contributed by atoms with Crippen molar-refractivity contribution in [3.05, 3.63) is 87.1 Å². The summed E-state index contributed by atoms with van der Waals surface area (Å²) in [5, 5.41) is 10.6. The van der Waals surface area contributed by atoms with Crippen LogP contribution < -0.4 is 16.2 Å². The van der Waals surface area contributed by atoms with Crippen molar-refractivity contribution < 1.29 is 13.9 Å². The number of hydrogen-bond donors (Lipinski definition) is 1. The Bertz CT molecular complexity index is 1220. The molecule has 0 atom stereocenters. The molecule has 0 spiro atoms. The first-order chi connectivity index (χ1) is 14.1. The molecule has 0 saturated carbocycles. The van der Waals surface area contributed by atoms with E-state index in [4.69, 9.17) is 13.9 Å². The Labute approximate surface area is 167 Å². The van der Waals surface area contributed by atoms with Gasteiger partial charge in [-0.05, 0) is 38.1 Å². The summed E-state index contributed by atoms with van der Waals surface area (Å²) in [5.41, 5.74) is 1.39. The fraction of sp³-hybridized carbons (Fsp3) is 0.217. The number of aliphatic hydroxyl groups is 1. The van der Waals surface area contributed by atoms with Crippen LogP contribution in [0.3, 0.4) is 0 Å². The van der Waals surface area contributed by atoms with Gasteiger partial charge in [0.25, 0.3) is 0 Å². The fourth-order valence-corrected chi connectivity index (χ4v) is 3.05. The Morgan fingerprint density at radius 3 is 1.86 bits per heavy atom. The van der Waals surface area contributed by atoms with Gasteiger partial charge in [-0.3, -0.25) is 0 Å². The lowest BCUT2D eigenvalue weighted by Gasteiger charge is -2.19. The molecule has 0 aliphatic carbocycles. The number of rotatable bonds is 4. The van der Waals surface area contributed by atoms with Gasteiger partial charge < -0.3 is 18.8 Å². The minimum atomic E-state index is -0.471. The van der Waals surface area contributed by atoms with Gasteiger partial charge in [-0.2, -0.15) is 0 Å². The molecule has 1 N–H and O–H groups in total. The highest BCUT2D eigenvalue weighted by molar-refractivity contribution is 5.79. The summed E-state index contributed by atoms with van der Waals surface area (Å²) in [7, 11) is 0. The topological polar surface area (TPSA) is 83.9 Å². The maximum absolute atomic E-state index is 11.8. The minimum absolute atomic E-state index is 0.262. The summed E-state index contributed by atoms with van der Waals surface area (Å²) in [5.74, 6) is 0. The quantitative estimate of drug-likeness (QED) is 0.529. The van der Waals surface area contributed by atoms with Crippen LogP contribution in [0.25, 0.3) is 21.9 Å². The third-order valence-electron chi connectivity index (χ3n) is 4.61. The van der Waals surface area contributed by atoms with E-state index in [-0.39, 0.29) is 12.2 Å². The Morgan fingerprint density at radius 1 is 0.793 bits per heavy atom. The zero-order valence-corrected chi connectivity index (χ0v) is 16.4. The van der Waals surface area contributed by atoms with Gasteiger partial charge in [-0.15, -0.1) is 0 Å². The summed E-state index contributed by atoms with van der Waals surface area (Å²) in [4.78, 5) is 24.9. The van der Waals surface area contributed by atoms with Gasteiger partial charge in [0.2, 0.25) is 0 Å². The van der Waals surface area contributed by atoms with Gasteiger partial charge in [0.05, 0.1) is 12.2 Å². The van der Waals surface area contributed by atoms with Crippen LogP contribution in [-0.4, -0.2) is 18.2 Å². The SMILES string of the molecule is CCN(CC)c1cc2ccccc2oc1=O.O=c1oc2ccccc2cc1CO. The van der Waals surface area contributed by atoms with Crippen molar-refractivity contribution in [3.8, 4) is 0 Å². The predicted molar refractivity (Wildman–Crippen MR) is 114 cm³/mol. The average molecular weight is 393 g/mol. The molecule has 0 unspecified atom stereocenters. The Balaban J connectivity index is 0.000000169. The molecule has 0 fully saturated rings. The summed E-state index contributed by atoms with van der Waals surface area (Å²) >= 11 is 0. The molecule has 6 heteroatoms. The van der Waals surface area contributed by atoms with Crippen LogP contribution in [0.2, 0.25) is 0 Å². The highest BCUT2D eigenvalue weighted by Crippen LogP contribution is 2.17. The lowest BCUT2D eigenvalue weighted by atomic mass is 10.2. The molecular weight excluding hydrogens is 370 g/mol. The van der Waals surface area contributed by atoms with Crippen molar-refractivity contribution in [2.75, 3.05) is 18.0 Å². The molecule has 29 heavy (non-hydrogen) atoms. The zero-order valence-electron chi connectivity index (χ0n) is 16.4. The number of anilines is 1. The normalized spacial score (nSPS) is 10.6. The highest BCUT2D eigenvalue weighted by Gasteiger charge is 2.09. The van der Waals surface area contributed by atoms with Crippen molar-refractivity contribution in [3.63, 3.8) is 0 Å². The third kappa shape index (κ3) is 4.55. The van der Waals surface area contributed by atoms with E-state index < -0.39 is 5.63 Å². The number of benzene rings is 2. The van der Waals surface area contributed by atoms with Crippen molar-refractivity contribution in [1.29, 1.82) is 0 Å². The molecule has 0 saturated heterocycles. The first-order valence-electron chi connectivity index (χ1n) is 9.47. The molecule has 4 rings (SSSR count). The van der Waals surface area contributed by atoms with Gasteiger partial charge in [0.15, 0.2) is 0 Å². The molecule has 4 aromatic rings. The molecule has 150 valence electrons. The molecule has 2 aromatic heterocycles. The van der Waals surface area contributed by atoms with E-state index >= 15 is 0 Å². The average Bonchev–Trinajstić information content (AvgIpc) is 2.75. The van der Waals surface area contributed by atoms with Crippen LogP contribution in [0.15, 0.2) is 79.1 Å². The molecule has 0 bridgehead atoms. The Hall–Kier alpha value is -3.38. The second-order valence-electron chi connectivity index (χ2n) is 6.38. The van der Waals surface area contributed by atoms with Gasteiger partial charge in [-0.1, -0.05) is 36.4 Å². The van der Waals surface area contributed by atoms with Crippen LogP contribution in [0.4, 0.5) is 5.69 Å². The molecular formula is C23H23NO5. The number of aliphatic hydroxyl groups excluding tert-OH is 1. The lowest BCUT2D eigenvalue weighted by Crippen LogP contribution is -2.27. The van der Waals surface area contributed by atoms with Gasteiger partial charge in [-0.25, -0.2) is 9.59 Å². The zero-order chi connectivity index (χ0) is 20.8. The van der Waals surface area contributed by atoms with E-state index in [1.54, 1.807) is 18.2 Å². The van der Waals surface area contributed by atoms with Crippen LogP contribution >= 0.6 is 0 Å². The Kier molecular flexibility index (Phi) is 6.46. The van der Waals surface area contributed by atoms with Crippen LogP contribution in [-0.2, 0) is 6.61 Å². The Morgan fingerprint density at radius 2 is 1.31 bits per heavy atom. The highest BCUT2D eigenvalue weighted by atomic mass is 16.4. The maximum Gasteiger partial charge on any atom is 0.360 e. The van der Waals surface area contributed by atoms with Crippen LogP contribution in [0, 0.1) is 0 Å². The first kappa shape index (κ1) is 20.4. The molecule has 6 nitrogen and oxygen atoms in total. The standard InChI is InChI=1S/C13H15NO2.C10H8O3/c1-3-14(4-2)11-9-10-7-5-6-8-12(10)16-13(11)15;11-6-8-5-7-3-1-2-4-9(7)13-10(8)12/h5-9H,3-4H2,1-2H3;1-5,11H,6H2. The van der Waals surface area contributed by atoms with Crippen molar-refractivity contribution in [1.82, 2.24) is 0 Å². The minimum Gasteiger partial charge on any atom is -0.422 e. The predicted octanol–water partition coefficient (Wildman–Crippen LogP) is 3.92. The summed E-state index contributed by atoms with van der Waals surface area (Å²) in [6.45, 7) is 5.38. The smallest absolute Gasteiger partial charge is 0.360 e. The van der Waals surface area contributed by atoms with E-state index in [2.05, 4.69) is 0 Å². The van der Waals surface area contributed by atoms with E-state index in [1.807, 2.05) is 61.2 Å². The lowest BCUT2D eigenvalue weighted by molar-refractivity contribution is 0.276. The van der Waals surface area contributed by atoms with Crippen LogP contribution in [0.1, 0.15) is 19.4 Å². The van der Waals surface area contributed by atoms with E-state index in [9.17, 15) is 9.59 Å². The number of nitrogens with zero attached hydrogens (tertiary/aromatic N) is 1. The van der Waals surface area contributed by atoms with Gasteiger partial charge in [0.1, 0.15) is 16.9 Å². The second kappa shape index (κ2) is 9.21. The molecule has 2 heterocycles. The van der Waals surface area contributed by atoms with E-state index in [1.165, 1.54) is 0 Å². The molecule has 2 aromatic carbocycles. The summed E-state index contributed by atoms with van der Waals surface area (Å²) < 4.78 is 10.2. The van der Waals surface area contributed by atoms with Crippen LogP contribution in [0.5, 0.6) is 0 Å². The summed E-state index contributed by atoms with van der Waals surface area (Å²) in [6.07, 6.45) is 0. The fourth-order valence-electron chi connectivity index (χ4n) is 3.05. The molecule has 0 aliphatic rings. The second-order valence-corrected chi connectivity index (χ2v) is 6.38. The number of para-hydroxylation sites is 2. The third-order valence-corrected chi connectivity index (χ3v) is 4.61. The largest absolute Gasteiger partial charge is 0.422 e. The number of hydrogen-bond acceptors (Lipinski definition) is 6. The van der Waals surface area contributed by atoms with Crippen molar-refractivity contribution in [2.24, 2.45) is 0 Å².